The van der Waals surface area contributed by atoms with Gasteiger partial charge in [-0.05, 0) is 62.9 Å². The topological polar surface area (TPSA) is 15.3 Å². The Morgan fingerprint density at radius 2 is 1.89 bits per heavy atom. The first-order valence-corrected chi connectivity index (χ1v) is 8.42. The quantitative estimate of drug-likeness (QED) is 0.791. The van der Waals surface area contributed by atoms with Crippen LogP contribution in [-0.2, 0) is 0 Å². The van der Waals surface area contributed by atoms with Crippen LogP contribution in [0.5, 0.6) is 0 Å². The summed E-state index contributed by atoms with van der Waals surface area (Å²) in [4.78, 5) is 2.61. The summed E-state index contributed by atoms with van der Waals surface area (Å²) in [6, 6.07) is 0.752. The Balaban J connectivity index is 1.85. The van der Waals surface area contributed by atoms with Gasteiger partial charge in [-0.2, -0.15) is 0 Å². The number of nitrogens with zero attached hydrogens (tertiary/aromatic N) is 1. The SMILES string of the molecule is CCNC1CCC(C)(C)CC1CN(C)CC1CCC1. The van der Waals surface area contributed by atoms with E-state index in [4.69, 9.17) is 0 Å². The van der Waals surface area contributed by atoms with Gasteiger partial charge in [0, 0.05) is 19.1 Å². The summed E-state index contributed by atoms with van der Waals surface area (Å²) in [6.07, 6.45) is 8.54. The molecule has 2 atom stereocenters. The van der Waals surface area contributed by atoms with Gasteiger partial charge in [-0.15, -0.1) is 0 Å². The van der Waals surface area contributed by atoms with Crippen molar-refractivity contribution in [2.75, 3.05) is 26.7 Å². The van der Waals surface area contributed by atoms with Crippen molar-refractivity contribution >= 4 is 0 Å². The molecule has 2 rings (SSSR count). The molecule has 0 aromatic heterocycles. The van der Waals surface area contributed by atoms with Gasteiger partial charge < -0.3 is 10.2 Å². The lowest BCUT2D eigenvalue weighted by Crippen LogP contribution is -2.47. The first-order valence-electron chi connectivity index (χ1n) is 8.42. The lowest BCUT2D eigenvalue weighted by atomic mass is 9.69. The average Bonchev–Trinajstić information content (AvgIpc) is 2.27. The second-order valence-electron chi connectivity index (χ2n) is 7.85. The minimum absolute atomic E-state index is 0.550. The molecule has 0 aromatic carbocycles. The summed E-state index contributed by atoms with van der Waals surface area (Å²) in [5, 5.41) is 3.73. The number of hydrogen-bond acceptors (Lipinski definition) is 2. The minimum atomic E-state index is 0.550. The molecule has 2 aliphatic carbocycles. The van der Waals surface area contributed by atoms with Gasteiger partial charge >= 0.3 is 0 Å². The molecular weight excluding hydrogens is 232 g/mol. The van der Waals surface area contributed by atoms with Gasteiger partial charge in [0.25, 0.3) is 0 Å². The smallest absolute Gasteiger partial charge is 0.0108 e. The largest absolute Gasteiger partial charge is 0.314 e. The van der Waals surface area contributed by atoms with Crippen LogP contribution in [0.1, 0.15) is 59.3 Å². The van der Waals surface area contributed by atoms with E-state index in [0.29, 0.717) is 5.41 Å². The van der Waals surface area contributed by atoms with Gasteiger partial charge in [0.05, 0.1) is 0 Å². The fourth-order valence-electron chi connectivity index (χ4n) is 4.05. The highest BCUT2D eigenvalue weighted by atomic mass is 15.1. The summed E-state index contributed by atoms with van der Waals surface area (Å²) in [5.74, 6) is 1.84. The highest BCUT2D eigenvalue weighted by Crippen LogP contribution is 2.39. The highest BCUT2D eigenvalue weighted by Gasteiger charge is 2.35. The van der Waals surface area contributed by atoms with Crippen LogP contribution >= 0.6 is 0 Å². The van der Waals surface area contributed by atoms with E-state index in [0.717, 1.165) is 24.4 Å². The summed E-state index contributed by atoms with van der Waals surface area (Å²) in [6.45, 7) is 10.9. The van der Waals surface area contributed by atoms with Crippen LogP contribution in [0, 0.1) is 17.3 Å². The Morgan fingerprint density at radius 3 is 2.47 bits per heavy atom. The standard InChI is InChI=1S/C17H34N2/c1-5-18-16-9-10-17(2,3)11-15(16)13-19(4)12-14-7-6-8-14/h14-16,18H,5-13H2,1-4H3. The molecule has 2 aliphatic rings. The molecule has 2 heteroatoms. The molecule has 0 aromatic rings. The Hall–Kier alpha value is -0.0800. The number of hydrogen-bond donors (Lipinski definition) is 1. The summed E-state index contributed by atoms with van der Waals surface area (Å²) >= 11 is 0. The van der Waals surface area contributed by atoms with E-state index < -0.39 is 0 Å². The van der Waals surface area contributed by atoms with E-state index in [1.807, 2.05) is 0 Å². The zero-order valence-corrected chi connectivity index (χ0v) is 13.5. The van der Waals surface area contributed by atoms with Crippen molar-refractivity contribution in [3.8, 4) is 0 Å². The number of nitrogens with one attached hydrogen (secondary N) is 1. The third-order valence-corrected chi connectivity index (χ3v) is 5.32. The van der Waals surface area contributed by atoms with Crippen LogP contribution in [0.15, 0.2) is 0 Å². The Bertz CT molecular complexity index is 270. The van der Waals surface area contributed by atoms with Crippen molar-refractivity contribution in [3.63, 3.8) is 0 Å². The number of rotatable bonds is 6. The predicted molar refractivity (Wildman–Crippen MR) is 83.4 cm³/mol. The first-order chi connectivity index (χ1) is 9.00. The molecule has 1 N–H and O–H groups in total. The monoisotopic (exact) mass is 266 g/mol. The minimum Gasteiger partial charge on any atom is -0.314 e. The average molecular weight is 266 g/mol. The molecule has 0 bridgehead atoms. The van der Waals surface area contributed by atoms with Crippen molar-refractivity contribution in [1.29, 1.82) is 0 Å². The third kappa shape index (κ3) is 4.46. The molecule has 2 unspecified atom stereocenters. The molecule has 0 heterocycles. The van der Waals surface area contributed by atoms with Crippen LogP contribution in [0.2, 0.25) is 0 Å². The summed E-state index contributed by atoms with van der Waals surface area (Å²) in [5.41, 5.74) is 0.550. The molecule has 0 amide bonds. The molecule has 2 nitrogen and oxygen atoms in total. The molecule has 0 radical (unpaired) electrons. The van der Waals surface area contributed by atoms with Gasteiger partial charge in [-0.25, -0.2) is 0 Å². The fourth-order valence-corrected chi connectivity index (χ4v) is 4.05. The van der Waals surface area contributed by atoms with Gasteiger partial charge in [-0.3, -0.25) is 0 Å². The van der Waals surface area contributed by atoms with Gasteiger partial charge in [-0.1, -0.05) is 27.2 Å². The van der Waals surface area contributed by atoms with Crippen LogP contribution in [-0.4, -0.2) is 37.6 Å². The molecular formula is C17H34N2. The van der Waals surface area contributed by atoms with E-state index in [1.54, 1.807) is 0 Å². The van der Waals surface area contributed by atoms with Crippen molar-refractivity contribution in [3.05, 3.63) is 0 Å². The molecule has 19 heavy (non-hydrogen) atoms. The van der Waals surface area contributed by atoms with Crippen LogP contribution in [0.3, 0.4) is 0 Å². The Morgan fingerprint density at radius 1 is 1.16 bits per heavy atom. The fraction of sp³-hybridized carbons (Fsp3) is 1.00. The summed E-state index contributed by atoms with van der Waals surface area (Å²) in [7, 11) is 2.34. The molecule has 2 saturated carbocycles. The van der Waals surface area contributed by atoms with Crippen LogP contribution < -0.4 is 5.32 Å². The van der Waals surface area contributed by atoms with Crippen molar-refractivity contribution in [2.45, 2.75) is 65.3 Å². The van der Waals surface area contributed by atoms with Crippen LogP contribution in [0.25, 0.3) is 0 Å². The van der Waals surface area contributed by atoms with E-state index in [-0.39, 0.29) is 0 Å². The second kappa shape index (κ2) is 6.58. The Kier molecular flexibility index (Phi) is 5.30. The maximum Gasteiger partial charge on any atom is 0.0108 e. The van der Waals surface area contributed by atoms with E-state index >= 15 is 0 Å². The van der Waals surface area contributed by atoms with Crippen LogP contribution in [0.4, 0.5) is 0 Å². The van der Waals surface area contributed by atoms with E-state index in [2.05, 4.69) is 38.0 Å². The normalized spacial score (nSPS) is 31.4. The zero-order chi connectivity index (χ0) is 13.9. The van der Waals surface area contributed by atoms with Gasteiger partial charge in [0.1, 0.15) is 0 Å². The Labute approximate surface area is 120 Å². The lowest BCUT2D eigenvalue weighted by Gasteiger charge is -2.43. The van der Waals surface area contributed by atoms with Gasteiger partial charge in [0.2, 0.25) is 0 Å². The molecule has 112 valence electrons. The third-order valence-electron chi connectivity index (χ3n) is 5.32. The zero-order valence-electron chi connectivity index (χ0n) is 13.5. The van der Waals surface area contributed by atoms with E-state index in [9.17, 15) is 0 Å². The maximum atomic E-state index is 3.73. The van der Waals surface area contributed by atoms with Crippen molar-refractivity contribution < 1.29 is 0 Å². The first kappa shape index (κ1) is 15.3. The second-order valence-corrected chi connectivity index (χ2v) is 7.85. The van der Waals surface area contributed by atoms with Crippen molar-refractivity contribution in [1.82, 2.24) is 10.2 Å². The predicted octanol–water partition coefficient (Wildman–Crippen LogP) is 3.52. The molecule has 0 saturated heterocycles. The lowest BCUT2D eigenvalue weighted by molar-refractivity contribution is 0.0967. The molecule has 0 aliphatic heterocycles. The molecule has 2 fully saturated rings. The van der Waals surface area contributed by atoms with Crippen molar-refractivity contribution in [2.24, 2.45) is 17.3 Å². The summed E-state index contributed by atoms with van der Waals surface area (Å²) < 4.78 is 0. The highest BCUT2D eigenvalue weighted by molar-refractivity contribution is 4.90. The molecule has 0 spiro atoms. The van der Waals surface area contributed by atoms with Gasteiger partial charge in [0.15, 0.2) is 0 Å². The maximum absolute atomic E-state index is 3.73. The van der Waals surface area contributed by atoms with E-state index in [1.165, 1.54) is 51.6 Å².